The normalized spacial score (nSPS) is 17.8. The van der Waals surface area contributed by atoms with Gasteiger partial charge in [0.2, 0.25) is 5.91 Å². The predicted octanol–water partition coefficient (Wildman–Crippen LogP) is 22.6. The molecule has 0 spiro atoms. The molecule has 1 heterocycles. The zero-order valence-electron chi connectivity index (χ0n) is 59.0. The van der Waals surface area contributed by atoms with E-state index in [0.29, 0.717) is 12.8 Å². The molecule has 1 aliphatic heterocycles. The van der Waals surface area contributed by atoms with Gasteiger partial charge < -0.3 is 40.3 Å². The molecule has 524 valence electrons. The largest absolute Gasteiger partial charge is 0.394 e. The number of nitrogens with one attached hydrogen (secondary N) is 1. The molecule has 1 rings (SSSR count). The minimum Gasteiger partial charge on any atom is -0.394 e. The molecule has 0 bridgehead atoms. The average molecular weight is 1250 g/mol. The van der Waals surface area contributed by atoms with Crippen molar-refractivity contribution in [3.05, 3.63) is 12.2 Å². The van der Waals surface area contributed by atoms with E-state index in [2.05, 4.69) is 31.3 Å². The molecule has 9 heteroatoms. The fourth-order valence-electron chi connectivity index (χ4n) is 13.4. The molecule has 0 aromatic heterocycles. The maximum absolute atomic E-state index is 13.2. The Morgan fingerprint density at radius 2 is 0.636 bits per heavy atom. The molecule has 0 aliphatic carbocycles. The van der Waals surface area contributed by atoms with Gasteiger partial charge in [-0.15, -0.1) is 0 Å². The number of aliphatic hydroxyl groups excluding tert-OH is 5. The lowest BCUT2D eigenvalue weighted by molar-refractivity contribution is -0.302. The van der Waals surface area contributed by atoms with Crippen molar-refractivity contribution in [2.45, 2.75) is 474 Å². The van der Waals surface area contributed by atoms with Crippen LogP contribution in [0.4, 0.5) is 0 Å². The van der Waals surface area contributed by atoms with Crippen LogP contribution >= 0.6 is 0 Å². The zero-order chi connectivity index (χ0) is 63.5. The first-order chi connectivity index (χ1) is 43.3. The summed E-state index contributed by atoms with van der Waals surface area (Å²) >= 11 is 0. The Bertz CT molecular complexity index is 1400. The molecular weight excluding hydrogens is 1090 g/mol. The molecule has 0 radical (unpaired) electrons. The van der Waals surface area contributed by atoms with E-state index in [4.69, 9.17) is 9.47 Å². The van der Waals surface area contributed by atoms with E-state index in [-0.39, 0.29) is 12.5 Å². The number of allylic oxidation sites excluding steroid dienone is 2. The third kappa shape index (κ3) is 56.5. The van der Waals surface area contributed by atoms with Crippen LogP contribution in [0.3, 0.4) is 0 Å². The van der Waals surface area contributed by atoms with Crippen LogP contribution in [-0.2, 0) is 14.3 Å². The van der Waals surface area contributed by atoms with Crippen LogP contribution in [-0.4, -0.2) is 87.5 Å². The van der Waals surface area contributed by atoms with E-state index < -0.39 is 49.5 Å². The minimum atomic E-state index is -1.55. The molecule has 1 fully saturated rings. The number of amides is 1. The molecule has 7 atom stereocenters. The molecule has 1 saturated heterocycles. The average Bonchev–Trinajstić information content (AvgIpc) is 3.65. The highest BCUT2D eigenvalue weighted by molar-refractivity contribution is 5.76. The Morgan fingerprint density at radius 1 is 0.375 bits per heavy atom. The smallest absolute Gasteiger partial charge is 0.220 e. The Labute approximate surface area is 547 Å². The second-order valence-electron chi connectivity index (χ2n) is 28.2. The van der Waals surface area contributed by atoms with Crippen LogP contribution in [0.2, 0.25) is 0 Å². The number of hydrogen-bond donors (Lipinski definition) is 6. The SMILES string of the molecule is CCCCCCCCCC/C=C\CCCCCCCCCCCCCCCCCCCCCCCCCC(=O)NC(COC1OC(CO)C(O)C(O)C1O)C(O)CCCCCCCCCCCCCCCCCCCCCCCCCCCCCCCC. The standard InChI is InChI=1S/C79H155NO8/c1-3-5-7-9-11-13-15-17-19-21-23-25-27-29-31-33-35-36-37-38-39-41-43-45-47-49-51-53-55-57-59-61-63-65-67-69-75(83)80-72(71-87-79-78(86)77(85)76(84)74(70-81)88-79)73(82)68-66-64-62-60-58-56-54-52-50-48-46-44-42-40-34-32-30-28-26-24-22-20-18-16-14-12-10-8-6-4-2/h21,23,72-74,76-79,81-82,84-86H,3-20,22,24-71H2,1-2H3,(H,80,83)/b23-21-. The van der Waals surface area contributed by atoms with Gasteiger partial charge >= 0.3 is 0 Å². The molecule has 1 aliphatic rings. The molecule has 6 N–H and O–H groups in total. The monoisotopic (exact) mass is 1250 g/mol. The number of unbranched alkanes of at least 4 members (excludes halogenated alkanes) is 60. The lowest BCUT2D eigenvalue weighted by atomic mass is 9.99. The quantitative estimate of drug-likeness (QED) is 0.0261. The second kappa shape index (κ2) is 68.8. The molecule has 0 aromatic carbocycles. The predicted molar refractivity (Wildman–Crippen MR) is 378 cm³/mol. The number of rotatable bonds is 72. The minimum absolute atomic E-state index is 0.131. The Balaban J connectivity index is 2.04. The van der Waals surface area contributed by atoms with Crippen molar-refractivity contribution in [1.82, 2.24) is 5.32 Å². The molecule has 0 saturated carbocycles. The van der Waals surface area contributed by atoms with E-state index in [1.165, 1.54) is 366 Å². The first-order valence-electron chi connectivity index (χ1n) is 39.9. The van der Waals surface area contributed by atoms with Gasteiger partial charge in [0, 0.05) is 6.42 Å². The van der Waals surface area contributed by atoms with Gasteiger partial charge in [-0.3, -0.25) is 4.79 Å². The summed E-state index contributed by atoms with van der Waals surface area (Å²) in [6.07, 6.45) is 83.3. The number of ether oxygens (including phenoxy) is 2. The first kappa shape index (κ1) is 84.9. The summed E-state index contributed by atoms with van der Waals surface area (Å²) < 4.78 is 11.4. The fraction of sp³-hybridized carbons (Fsp3) is 0.962. The number of carbonyl (C=O) groups is 1. The topological polar surface area (TPSA) is 149 Å². The van der Waals surface area contributed by atoms with Crippen LogP contribution in [0.1, 0.15) is 431 Å². The maximum Gasteiger partial charge on any atom is 0.220 e. The van der Waals surface area contributed by atoms with E-state index in [0.717, 1.165) is 38.5 Å². The van der Waals surface area contributed by atoms with Crippen LogP contribution in [0, 0.1) is 0 Å². The Morgan fingerprint density at radius 3 is 0.920 bits per heavy atom. The zero-order valence-corrected chi connectivity index (χ0v) is 59.0. The number of hydrogen-bond acceptors (Lipinski definition) is 8. The second-order valence-corrected chi connectivity index (χ2v) is 28.2. The maximum atomic E-state index is 13.2. The summed E-state index contributed by atoms with van der Waals surface area (Å²) in [5.74, 6) is -0.133. The van der Waals surface area contributed by atoms with Gasteiger partial charge in [0.25, 0.3) is 0 Å². The van der Waals surface area contributed by atoms with Crippen molar-refractivity contribution in [2.75, 3.05) is 13.2 Å². The Kier molecular flexibility index (Phi) is 66.4. The first-order valence-corrected chi connectivity index (χ1v) is 39.9. The summed E-state index contributed by atoms with van der Waals surface area (Å²) in [6.45, 7) is 3.91. The van der Waals surface area contributed by atoms with Crippen molar-refractivity contribution >= 4 is 5.91 Å². The molecule has 0 aromatic rings. The van der Waals surface area contributed by atoms with E-state index >= 15 is 0 Å². The summed E-state index contributed by atoms with van der Waals surface area (Å²) in [4.78, 5) is 13.2. The van der Waals surface area contributed by atoms with Gasteiger partial charge in [-0.1, -0.05) is 398 Å². The summed E-state index contributed by atoms with van der Waals surface area (Å²) in [6, 6.07) is -0.717. The van der Waals surface area contributed by atoms with Crippen LogP contribution in [0.15, 0.2) is 12.2 Å². The summed E-state index contributed by atoms with van der Waals surface area (Å²) in [5.41, 5.74) is 0. The van der Waals surface area contributed by atoms with E-state index in [1.807, 2.05) is 0 Å². The highest BCUT2D eigenvalue weighted by Crippen LogP contribution is 2.24. The van der Waals surface area contributed by atoms with Crippen LogP contribution in [0.5, 0.6) is 0 Å². The van der Waals surface area contributed by atoms with Crippen molar-refractivity contribution in [3.8, 4) is 0 Å². The van der Waals surface area contributed by atoms with E-state index in [9.17, 15) is 30.3 Å². The van der Waals surface area contributed by atoms with Crippen LogP contribution < -0.4 is 5.32 Å². The van der Waals surface area contributed by atoms with Gasteiger partial charge in [-0.05, 0) is 38.5 Å². The highest BCUT2D eigenvalue weighted by Gasteiger charge is 2.44. The van der Waals surface area contributed by atoms with Gasteiger partial charge in [0.1, 0.15) is 24.4 Å². The van der Waals surface area contributed by atoms with Crippen molar-refractivity contribution in [2.24, 2.45) is 0 Å². The Hall–Kier alpha value is -1.07. The molecule has 88 heavy (non-hydrogen) atoms. The molecule has 9 nitrogen and oxygen atoms in total. The lowest BCUT2D eigenvalue weighted by Gasteiger charge is -2.40. The number of aliphatic hydroxyl groups is 5. The van der Waals surface area contributed by atoms with Gasteiger partial charge in [-0.25, -0.2) is 0 Å². The van der Waals surface area contributed by atoms with Crippen molar-refractivity contribution in [1.29, 1.82) is 0 Å². The van der Waals surface area contributed by atoms with Crippen LogP contribution in [0.25, 0.3) is 0 Å². The summed E-state index contributed by atoms with van der Waals surface area (Å²) in [5, 5.41) is 55.1. The molecule has 7 unspecified atom stereocenters. The van der Waals surface area contributed by atoms with Crippen molar-refractivity contribution in [3.63, 3.8) is 0 Å². The lowest BCUT2D eigenvalue weighted by Crippen LogP contribution is -2.60. The fourth-order valence-corrected chi connectivity index (χ4v) is 13.4. The van der Waals surface area contributed by atoms with Gasteiger partial charge in [0.05, 0.1) is 25.4 Å². The highest BCUT2D eigenvalue weighted by atomic mass is 16.7. The van der Waals surface area contributed by atoms with Gasteiger partial charge in [0.15, 0.2) is 6.29 Å². The van der Waals surface area contributed by atoms with Crippen molar-refractivity contribution < 1.29 is 39.8 Å². The summed E-state index contributed by atoms with van der Waals surface area (Å²) in [7, 11) is 0. The molecule has 1 amide bonds. The van der Waals surface area contributed by atoms with Gasteiger partial charge in [-0.2, -0.15) is 0 Å². The number of carbonyl (C=O) groups excluding carboxylic acids is 1. The third-order valence-corrected chi connectivity index (χ3v) is 19.6. The van der Waals surface area contributed by atoms with E-state index in [1.54, 1.807) is 0 Å². The molecular formula is C79H155NO8. The third-order valence-electron chi connectivity index (χ3n) is 19.6.